The largest absolute Gasteiger partial charge is 0.397 e. The van der Waals surface area contributed by atoms with Crippen molar-refractivity contribution in [2.75, 3.05) is 5.73 Å². The minimum atomic E-state index is 0.0624. The van der Waals surface area contributed by atoms with E-state index < -0.39 is 0 Å². The molecule has 0 amide bonds. The molecule has 0 aliphatic carbocycles. The molecule has 0 saturated carbocycles. The summed E-state index contributed by atoms with van der Waals surface area (Å²) in [4.78, 5) is 11.8. The van der Waals surface area contributed by atoms with Crippen molar-refractivity contribution in [3.05, 3.63) is 65.9 Å². The Morgan fingerprint density at radius 2 is 1.85 bits per heavy atom. The Morgan fingerprint density at radius 1 is 1.10 bits per heavy atom. The molecular weight excluding hydrogens is 248 g/mol. The van der Waals surface area contributed by atoms with E-state index in [1.165, 1.54) is 5.56 Å². The number of nitrogens with two attached hydrogens (primary N) is 1. The molecule has 0 unspecified atom stereocenters. The van der Waals surface area contributed by atoms with Crippen LogP contribution in [0.2, 0.25) is 0 Å². The van der Waals surface area contributed by atoms with E-state index in [2.05, 4.69) is 16.7 Å². The van der Waals surface area contributed by atoms with E-state index >= 15 is 0 Å². The van der Waals surface area contributed by atoms with Gasteiger partial charge in [0.25, 0.3) is 0 Å². The monoisotopic (exact) mass is 264 g/mol. The fourth-order valence-corrected chi connectivity index (χ4v) is 2.57. The van der Waals surface area contributed by atoms with Crippen LogP contribution in [0.25, 0.3) is 10.9 Å². The number of Topliss-reactive ketones (excluding diaryl/α,β-unsaturated/α-hetero) is 1. The predicted molar refractivity (Wildman–Crippen MR) is 81.9 cm³/mol. The van der Waals surface area contributed by atoms with Crippen molar-refractivity contribution in [3.63, 3.8) is 0 Å². The van der Waals surface area contributed by atoms with Crippen LogP contribution < -0.4 is 5.73 Å². The summed E-state index contributed by atoms with van der Waals surface area (Å²) in [5.41, 5.74) is 9.63. The molecule has 0 atom stereocenters. The van der Waals surface area contributed by atoms with Crippen LogP contribution in [0.4, 0.5) is 5.69 Å². The van der Waals surface area contributed by atoms with Crippen LogP contribution in [0.5, 0.6) is 0 Å². The topological polar surface area (TPSA) is 48.0 Å². The number of ketones is 1. The van der Waals surface area contributed by atoms with Crippen molar-refractivity contribution in [3.8, 4) is 0 Å². The third kappa shape index (κ3) is 2.07. The highest BCUT2D eigenvalue weighted by Gasteiger charge is 2.13. The fraction of sp³-hybridized carbons (Fsp3) is 0.118. The summed E-state index contributed by atoms with van der Waals surface area (Å²) in [6, 6.07) is 15.9. The summed E-state index contributed by atoms with van der Waals surface area (Å²) in [5.74, 6) is 0.0624. The van der Waals surface area contributed by atoms with Gasteiger partial charge in [-0.25, -0.2) is 0 Å². The number of carbonyl (C=O) groups excluding carboxylic acids is 1. The van der Waals surface area contributed by atoms with E-state index in [4.69, 9.17) is 5.73 Å². The van der Waals surface area contributed by atoms with Crippen LogP contribution in [-0.4, -0.2) is 10.4 Å². The Bertz CT molecular complexity index is 772. The lowest BCUT2D eigenvalue weighted by atomic mass is 10.1. The van der Waals surface area contributed by atoms with Gasteiger partial charge in [0, 0.05) is 23.7 Å². The van der Waals surface area contributed by atoms with Crippen molar-refractivity contribution >= 4 is 22.4 Å². The Morgan fingerprint density at radius 3 is 2.55 bits per heavy atom. The number of anilines is 1. The van der Waals surface area contributed by atoms with Crippen molar-refractivity contribution in [2.24, 2.45) is 0 Å². The first-order valence-electron chi connectivity index (χ1n) is 6.59. The molecule has 0 aliphatic heterocycles. The molecule has 0 fully saturated rings. The minimum absolute atomic E-state index is 0.0624. The second-order valence-electron chi connectivity index (χ2n) is 4.96. The molecule has 2 aromatic carbocycles. The zero-order valence-electron chi connectivity index (χ0n) is 11.3. The van der Waals surface area contributed by atoms with E-state index in [1.807, 2.05) is 42.6 Å². The molecule has 3 aromatic rings. The van der Waals surface area contributed by atoms with Gasteiger partial charge < -0.3 is 10.3 Å². The molecule has 0 saturated heterocycles. The number of hydrogen-bond donors (Lipinski definition) is 1. The van der Waals surface area contributed by atoms with Gasteiger partial charge in [-0.2, -0.15) is 0 Å². The maximum Gasteiger partial charge on any atom is 0.161 e. The molecule has 20 heavy (non-hydrogen) atoms. The molecule has 3 rings (SSSR count). The van der Waals surface area contributed by atoms with Gasteiger partial charge in [-0.1, -0.05) is 42.5 Å². The SMILES string of the molecule is CC(=O)c1cn(Cc2ccccc2)c2c(N)cccc12. The maximum atomic E-state index is 11.8. The number of nitrogen functional groups attached to an aromatic ring is 1. The van der Waals surface area contributed by atoms with E-state index in [0.29, 0.717) is 12.2 Å². The summed E-state index contributed by atoms with van der Waals surface area (Å²) in [6.45, 7) is 2.30. The molecular formula is C17H16N2O. The van der Waals surface area contributed by atoms with Crippen LogP contribution in [0.15, 0.2) is 54.7 Å². The lowest BCUT2D eigenvalue weighted by Gasteiger charge is -2.07. The molecule has 0 bridgehead atoms. The first-order valence-corrected chi connectivity index (χ1v) is 6.59. The highest BCUT2D eigenvalue weighted by molar-refractivity contribution is 6.09. The number of rotatable bonds is 3. The fourth-order valence-electron chi connectivity index (χ4n) is 2.57. The summed E-state index contributed by atoms with van der Waals surface area (Å²) in [5, 5.41) is 0.924. The number of fused-ring (bicyclic) bond motifs is 1. The molecule has 1 aromatic heterocycles. The highest BCUT2D eigenvalue weighted by atomic mass is 16.1. The minimum Gasteiger partial charge on any atom is -0.397 e. The molecule has 0 radical (unpaired) electrons. The second-order valence-corrected chi connectivity index (χ2v) is 4.96. The Balaban J connectivity index is 2.18. The third-order valence-electron chi connectivity index (χ3n) is 3.50. The van der Waals surface area contributed by atoms with Gasteiger partial charge in [0.15, 0.2) is 5.78 Å². The molecule has 3 heteroatoms. The Labute approximate surface area is 117 Å². The number of hydrogen-bond acceptors (Lipinski definition) is 2. The van der Waals surface area contributed by atoms with E-state index in [0.717, 1.165) is 16.5 Å². The number of para-hydroxylation sites is 1. The molecule has 100 valence electrons. The van der Waals surface area contributed by atoms with Gasteiger partial charge in [0.05, 0.1) is 11.2 Å². The van der Waals surface area contributed by atoms with Gasteiger partial charge in [-0.15, -0.1) is 0 Å². The highest BCUT2D eigenvalue weighted by Crippen LogP contribution is 2.27. The first kappa shape index (κ1) is 12.5. The second kappa shape index (κ2) is 4.85. The Kier molecular flexibility index (Phi) is 3.03. The average molecular weight is 264 g/mol. The zero-order valence-corrected chi connectivity index (χ0v) is 11.3. The van der Waals surface area contributed by atoms with Crippen LogP contribution in [0.3, 0.4) is 0 Å². The molecule has 2 N–H and O–H groups in total. The van der Waals surface area contributed by atoms with E-state index in [9.17, 15) is 4.79 Å². The number of carbonyl (C=O) groups is 1. The van der Waals surface area contributed by atoms with Gasteiger partial charge in [0.1, 0.15) is 0 Å². The van der Waals surface area contributed by atoms with Crippen molar-refractivity contribution in [1.82, 2.24) is 4.57 Å². The van der Waals surface area contributed by atoms with Gasteiger partial charge in [-0.05, 0) is 18.6 Å². The number of aromatic nitrogens is 1. The van der Waals surface area contributed by atoms with E-state index in [1.54, 1.807) is 6.92 Å². The van der Waals surface area contributed by atoms with Crippen LogP contribution in [-0.2, 0) is 6.54 Å². The van der Waals surface area contributed by atoms with Gasteiger partial charge in [0.2, 0.25) is 0 Å². The predicted octanol–water partition coefficient (Wildman–Crippen LogP) is 3.47. The lowest BCUT2D eigenvalue weighted by molar-refractivity contribution is 0.101. The summed E-state index contributed by atoms with van der Waals surface area (Å²) >= 11 is 0. The smallest absolute Gasteiger partial charge is 0.161 e. The van der Waals surface area contributed by atoms with Crippen molar-refractivity contribution < 1.29 is 4.79 Å². The standard InChI is InChI=1S/C17H16N2O/c1-12(20)15-11-19(10-13-6-3-2-4-7-13)17-14(15)8-5-9-16(17)18/h2-9,11H,10,18H2,1H3. The summed E-state index contributed by atoms with van der Waals surface area (Å²) in [7, 11) is 0. The average Bonchev–Trinajstić information content (AvgIpc) is 2.80. The molecule has 1 heterocycles. The van der Waals surface area contributed by atoms with E-state index in [-0.39, 0.29) is 5.78 Å². The lowest BCUT2D eigenvalue weighted by Crippen LogP contribution is -2.00. The van der Waals surface area contributed by atoms with Crippen molar-refractivity contribution in [2.45, 2.75) is 13.5 Å². The Hall–Kier alpha value is -2.55. The number of nitrogens with zero attached hydrogens (tertiary/aromatic N) is 1. The van der Waals surface area contributed by atoms with Gasteiger partial charge in [-0.3, -0.25) is 4.79 Å². The van der Waals surface area contributed by atoms with Crippen molar-refractivity contribution in [1.29, 1.82) is 0 Å². The summed E-state index contributed by atoms with van der Waals surface area (Å²) < 4.78 is 2.05. The van der Waals surface area contributed by atoms with Gasteiger partial charge >= 0.3 is 0 Å². The first-order chi connectivity index (χ1) is 9.66. The maximum absolute atomic E-state index is 11.8. The molecule has 0 aliphatic rings. The normalized spacial score (nSPS) is 10.8. The molecule has 0 spiro atoms. The third-order valence-corrected chi connectivity index (χ3v) is 3.50. The summed E-state index contributed by atoms with van der Waals surface area (Å²) in [6.07, 6.45) is 1.90. The van der Waals surface area contributed by atoms with Crippen LogP contribution in [0, 0.1) is 0 Å². The quantitative estimate of drug-likeness (QED) is 0.581. The number of benzene rings is 2. The van der Waals surface area contributed by atoms with Crippen LogP contribution >= 0.6 is 0 Å². The van der Waals surface area contributed by atoms with Crippen LogP contribution in [0.1, 0.15) is 22.8 Å². The molecule has 3 nitrogen and oxygen atoms in total. The zero-order chi connectivity index (χ0) is 14.1.